The highest BCUT2D eigenvalue weighted by atomic mass is 79.9. The fraction of sp³-hybridized carbons (Fsp3) is 0.417. The molecular weight excluding hydrogens is 284 g/mol. The quantitative estimate of drug-likeness (QED) is 0.820. The predicted octanol–water partition coefficient (Wildman–Crippen LogP) is 2.24. The van der Waals surface area contributed by atoms with Gasteiger partial charge in [-0.15, -0.1) is 0 Å². The molecule has 3 N–H and O–H groups in total. The molecule has 0 bridgehead atoms. The van der Waals surface area contributed by atoms with E-state index in [0.29, 0.717) is 18.0 Å². The van der Waals surface area contributed by atoms with Crippen LogP contribution in [0.2, 0.25) is 0 Å². The molecule has 0 unspecified atom stereocenters. The summed E-state index contributed by atoms with van der Waals surface area (Å²) in [6.45, 7) is 4.54. The van der Waals surface area contributed by atoms with Gasteiger partial charge in [0, 0.05) is 11.0 Å². The number of ether oxygens (including phenoxy) is 1. The van der Waals surface area contributed by atoms with Crippen LogP contribution in [0.25, 0.3) is 0 Å². The molecule has 1 amide bonds. The number of benzene rings is 1. The van der Waals surface area contributed by atoms with Gasteiger partial charge in [0.1, 0.15) is 5.75 Å². The summed E-state index contributed by atoms with van der Waals surface area (Å²) >= 11 is 3.35. The van der Waals surface area contributed by atoms with Crippen LogP contribution in [-0.2, 0) is 4.79 Å². The largest absolute Gasteiger partial charge is 0.481 e. The predicted molar refractivity (Wildman–Crippen MR) is 72.1 cm³/mol. The number of amides is 1. The normalized spacial score (nSPS) is 10.1. The lowest BCUT2D eigenvalue weighted by Gasteiger charge is -2.12. The fourth-order valence-corrected chi connectivity index (χ4v) is 2.00. The highest BCUT2D eigenvalue weighted by molar-refractivity contribution is 9.10. The van der Waals surface area contributed by atoms with Gasteiger partial charge in [0.05, 0.1) is 5.69 Å². The molecule has 1 rings (SSSR count). The first-order valence-electron chi connectivity index (χ1n) is 5.49. The molecule has 5 heteroatoms. The second-order valence-corrected chi connectivity index (χ2v) is 4.70. The average Bonchev–Trinajstić information content (AvgIpc) is 2.24. The molecule has 1 aromatic carbocycles. The van der Waals surface area contributed by atoms with E-state index in [-0.39, 0.29) is 12.5 Å². The van der Waals surface area contributed by atoms with Crippen LogP contribution in [0, 0.1) is 6.92 Å². The zero-order chi connectivity index (χ0) is 12.8. The van der Waals surface area contributed by atoms with Crippen LogP contribution < -0.4 is 15.8 Å². The minimum absolute atomic E-state index is 0.00727. The van der Waals surface area contributed by atoms with Crippen molar-refractivity contribution >= 4 is 27.5 Å². The number of carbonyl (C=O) groups excluding carboxylic acids is 1. The van der Waals surface area contributed by atoms with Crippen molar-refractivity contribution in [2.75, 3.05) is 18.9 Å². The molecule has 0 aromatic heterocycles. The Morgan fingerprint density at radius 3 is 2.82 bits per heavy atom. The third-order valence-corrected chi connectivity index (χ3v) is 2.65. The summed E-state index contributed by atoms with van der Waals surface area (Å²) in [6.07, 6.45) is 0.908. The third kappa shape index (κ3) is 4.26. The van der Waals surface area contributed by atoms with Crippen LogP contribution >= 0.6 is 15.9 Å². The Balaban J connectivity index is 2.60. The standard InChI is InChI=1S/C12H17BrN2O2/c1-3-4-15-11(16)7-17-12-8(2)5-9(13)6-10(12)14/h5-6H,3-4,7,14H2,1-2H3,(H,15,16). The van der Waals surface area contributed by atoms with E-state index in [4.69, 9.17) is 10.5 Å². The maximum Gasteiger partial charge on any atom is 0.257 e. The SMILES string of the molecule is CCCNC(=O)COc1c(C)cc(Br)cc1N. The average molecular weight is 301 g/mol. The van der Waals surface area contributed by atoms with Crippen molar-refractivity contribution in [1.29, 1.82) is 0 Å². The topological polar surface area (TPSA) is 64.3 Å². The lowest BCUT2D eigenvalue weighted by Crippen LogP contribution is -2.29. The van der Waals surface area contributed by atoms with E-state index < -0.39 is 0 Å². The summed E-state index contributed by atoms with van der Waals surface area (Å²) in [6, 6.07) is 3.65. The van der Waals surface area contributed by atoms with Crippen molar-refractivity contribution < 1.29 is 9.53 Å². The summed E-state index contributed by atoms with van der Waals surface area (Å²) in [5.74, 6) is 0.438. The number of hydrogen-bond acceptors (Lipinski definition) is 3. The Labute approximate surface area is 110 Å². The van der Waals surface area contributed by atoms with E-state index >= 15 is 0 Å². The number of carbonyl (C=O) groups is 1. The Hall–Kier alpha value is -1.23. The van der Waals surface area contributed by atoms with Crippen LogP contribution in [0.15, 0.2) is 16.6 Å². The Bertz CT molecular complexity index is 384. The van der Waals surface area contributed by atoms with Gasteiger partial charge in [-0.25, -0.2) is 0 Å². The number of anilines is 1. The number of rotatable bonds is 5. The molecule has 0 atom stereocenters. The minimum Gasteiger partial charge on any atom is -0.481 e. The number of nitrogen functional groups attached to an aromatic ring is 1. The Morgan fingerprint density at radius 2 is 2.24 bits per heavy atom. The van der Waals surface area contributed by atoms with Gasteiger partial charge in [-0.2, -0.15) is 0 Å². The van der Waals surface area contributed by atoms with Crippen molar-refractivity contribution in [3.8, 4) is 5.75 Å². The summed E-state index contributed by atoms with van der Waals surface area (Å²) in [5.41, 5.74) is 7.25. The second kappa shape index (κ2) is 6.49. The third-order valence-electron chi connectivity index (χ3n) is 2.19. The van der Waals surface area contributed by atoms with Crippen LogP contribution in [-0.4, -0.2) is 19.1 Å². The maximum atomic E-state index is 11.4. The van der Waals surface area contributed by atoms with Crippen LogP contribution in [0.5, 0.6) is 5.75 Å². The molecule has 94 valence electrons. The molecule has 0 heterocycles. The van der Waals surface area contributed by atoms with Gasteiger partial charge in [-0.1, -0.05) is 22.9 Å². The molecule has 0 aliphatic carbocycles. The molecule has 1 aromatic rings. The van der Waals surface area contributed by atoms with Gasteiger partial charge in [-0.05, 0) is 31.0 Å². The summed E-state index contributed by atoms with van der Waals surface area (Å²) < 4.78 is 6.32. The maximum absolute atomic E-state index is 11.4. The second-order valence-electron chi connectivity index (χ2n) is 3.78. The first-order chi connectivity index (χ1) is 8.04. The Morgan fingerprint density at radius 1 is 1.53 bits per heavy atom. The smallest absolute Gasteiger partial charge is 0.257 e. The lowest BCUT2D eigenvalue weighted by atomic mass is 10.2. The van der Waals surface area contributed by atoms with Gasteiger partial charge in [0.2, 0.25) is 0 Å². The van der Waals surface area contributed by atoms with Crippen molar-refractivity contribution in [2.45, 2.75) is 20.3 Å². The molecule has 0 fully saturated rings. The lowest BCUT2D eigenvalue weighted by molar-refractivity contribution is -0.123. The summed E-state index contributed by atoms with van der Waals surface area (Å²) in [5, 5.41) is 2.74. The van der Waals surface area contributed by atoms with Crippen LogP contribution in [0.3, 0.4) is 0 Å². The molecule has 0 saturated carbocycles. The van der Waals surface area contributed by atoms with Gasteiger partial charge >= 0.3 is 0 Å². The first kappa shape index (κ1) is 13.8. The molecule has 17 heavy (non-hydrogen) atoms. The molecule has 0 spiro atoms. The van der Waals surface area contributed by atoms with E-state index in [0.717, 1.165) is 16.5 Å². The van der Waals surface area contributed by atoms with Crippen molar-refractivity contribution in [3.05, 3.63) is 22.2 Å². The van der Waals surface area contributed by atoms with Crippen LogP contribution in [0.4, 0.5) is 5.69 Å². The van der Waals surface area contributed by atoms with E-state index in [1.54, 1.807) is 6.07 Å². The molecular formula is C12H17BrN2O2. The van der Waals surface area contributed by atoms with E-state index in [9.17, 15) is 4.79 Å². The zero-order valence-corrected chi connectivity index (χ0v) is 11.6. The summed E-state index contributed by atoms with van der Waals surface area (Å²) in [7, 11) is 0. The highest BCUT2D eigenvalue weighted by Gasteiger charge is 2.08. The zero-order valence-electron chi connectivity index (χ0n) is 10.0. The monoisotopic (exact) mass is 300 g/mol. The number of aryl methyl sites for hydroxylation is 1. The van der Waals surface area contributed by atoms with Gasteiger partial charge in [0.15, 0.2) is 6.61 Å². The van der Waals surface area contributed by atoms with Gasteiger partial charge in [-0.3, -0.25) is 4.79 Å². The number of nitrogens with one attached hydrogen (secondary N) is 1. The van der Waals surface area contributed by atoms with Gasteiger partial charge in [0.25, 0.3) is 5.91 Å². The van der Waals surface area contributed by atoms with Crippen molar-refractivity contribution in [3.63, 3.8) is 0 Å². The molecule has 0 saturated heterocycles. The number of nitrogens with two attached hydrogens (primary N) is 1. The van der Waals surface area contributed by atoms with Crippen molar-refractivity contribution in [2.24, 2.45) is 0 Å². The van der Waals surface area contributed by atoms with E-state index in [1.807, 2.05) is 19.9 Å². The number of hydrogen-bond donors (Lipinski definition) is 2. The summed E-state index contributed by atoms with van der Waals surface area (Å²) in [4.78, 5) is 11.4. The molecule has 0 aliphatic heterocycles. The first-order valence-corrected chi connectivity index (χ1v) is 6.29. The van der Waals surface area contributed by atoms with E-state index in [1.165, 1.54) is 0 Å². The van der Waals surface area contributed by atoms with E-state index in [2.05, 4.69) is 21.2 Å². The Kier molecular flexibility index (Phi) is 5.28. The minimum atomic E-state index is -0.131. The number of halogens is 1. The van der Waals surface area contributed by atoms with Gasteiger partial charge < -0.3 is 15.8 Å². The highest BCUT2D eigenvalue weighted by Crippen LogP contribution is 2.29. The fourth-order valence-electron chi connectivity index (χ4n) is 1.41. The molecule has 0 radical (unpaired) electrons. The van der Waals surface area contributed by atoms with Crippen LogP contribution in [0.1, 0.15) is 18.9 Å². The van der Waals surface area contributed by atoms with Crippen molar-refractivity contribution in [1.82, 2.24) is 5.32 Å². The molecule has 0 aliphatic rings. The molecule has 4 nitrogen and oxygen atoms in total.